The van der Waals surface area contributed by atoms with Gasteiger partial charge in [-0.3, -0.25) is 9.59 Å². The third kappa shape index (κ3) is 5.83. The largest absolute Gasteiger partial charge is 0.342 e. The van der Waals surface area contributed by atoms with Crippen molar-refractivity contribution in [2.45, 2.75) is 39.2 Å². The summed E-state index contributed by atoms with van der Waals surface area (Å²) in [5.41, 5.74) is 1.15. The molecule has 0 saturated carbocycles. The zero-order chi connectivity index (χ0) is 19.2. The molecule has 1 fully saturated rings. The van der Waals surface area contributed by atoms with Crippen molar-refractivity contribution in [3.05, 3.63) is 35.9 Å². The van der Waals surface area contributed by atoms with Crippen molar-refractivity contribution in [1.29, 1.82) is 0 Å². The highest BCUT2D eigenvalue weighted by molar-refractivity contribution is 7.91. The normalized spacial score (nSPS) is 18.5. The standard InChI is InChI=1S/C19H28N2O4S/c1-3-21(18-11-14-26(24,25)15-18)19(23)10-13-20(16(2)22)12-9-17-7-5-4-6-8-17/h4-8,18H,3,9-15H2,1-2H3. The summed E-state index contributed by atoms with van der Waals surface area (Å²) in [5, 5.41) is 0. The van der Waals surface area contributed by atoms with Gasteiger partial charge in [0, 0.05) is 39.0 Å². The number of hydrogen-bond donors (Lipinski definition) is 0. The minimum Gasteiger partial charge on any atom is -0.342 e. The lowest BCUT2D eigenvalue weighted by molar-refractivity contribution is -0.134. The van der Waals surface area contributed by atoms with Gasteiger partial charge in [-0.05, 0) is 25.3 Å². The lowest BCUT2D eigenvalue weighted by Crippen LogP contribution is -2.43. The van der Waals surface area contributed by atoms with Crippen LogP contribution in [-0.2, 0) is 25.8 Å². The molecule has 26 heavy (non-hydrogen) atoms. The van der Waals surface area contributed by atoms with E-state index in [-0.39, 0.29) is 35.8 Å². The van der Waals surface area contributed by atoms with Crippen LogP contribution in [0.2, 0.25) is 0 Å². The number of amides is 2. The second kappa shape index (κ2) is 9.16. The van der Waals surface area contributed by atoms with Crippen LogP contribution in [0.1, 0.15) is 32.3 Å². The Hall–Kier alpha value is -1.89. The summed E-state index contributed by atoms with van der Waals surface area (Å²) in [4.78, 5) is 27.8. The molecule has 0 aromatic heterocycles. The van der Waals surface area contributed by atoms with E-state index in [9.17, 15) is 18.0 Å². The maximum Gasteiger partial charge on any atom is 0.224 e. The van der Waals surface area contributed by atoms with E-state index >= 15 is 0 Å². The van der Waals surface area contributed by atoms with Crippen molar-refractivity contribution >= 4 is 21.7 Å². The molecule has 0 bridgehead atoms. The minimum atomic E-state index is -3.03. The number of sulfone groups is 1. The molecule has 2 rings (SSSR count). The number of carbonyl (C=O) groups is 2. The van der Waals surface area contributed by atoms with Crippen LogP contribution in [0.3, 0.4) is 0 Å². The molecule has 6 nitrogen and oxygen atoms in total. The molecule has 1 saturated heterocycles. The average Bonchev–Trinajstić information content (AvgIpc) is 2.95. The van der Waals surface area contributed by atoms with Crippen molar-refractivity contribution in [3.8, 4) is 0 Å². The first-order chi connectivity index (χ1) is 12.3. The van der Waals surface area contributed by atoms with Crippen LogP contribution in [0, 0.1) is 0 Å². The minimum absolute atomic E-state index is 0.0526. The molecule has 1 aromatic rings. The number of rotatable bonds is 8. The smallest absolute Gasteiger partial charge is 0.224 e. The van der Waals surface area contributed by atoms with Gasteiger partial charge in [0.15, 0.2) is 9.84 Å². The molecular formula is C19H28N2O4S. The fourth-order valence-electron chi connectivity index (χ4n) is 3.37. The molecule has 144 valence electrons. The fraction of sp³-hybridized carbons (Fsp3) is 0.579. The topological polar surface area (TPSA) is 74.8 Å². The van der Waals surface area contributed by atoms with Crippen LogP contribution in [0.25, 0.3) is 0 Å². The summed E-state index contributed by atoms with van der Waals surface area (Å²) >= 11 is 0. The average molecular weight is 381 g/mol. The maximum atomic E-state index is 12.6. The summed E-state index contributed by atoms with van der Waals surface area (Å²) in [5.74, 6) is 0.0653. The van der Waals surface area contributed by atoms with Crippen LogP contribution in [-0.4, -0.2) is 67.2 Å². The van der Waals surface area contributed by atoms with E-state index in [2.05, 4.69) is 0 Å². The summed E-state index contributed by atoms with van der Waals surface area (Å²) in [6.45, 7) is 4.79. The van der Waals surface area contributed by atoms with E-state index in [4.69, 9.17) is 0 Å². The number of carbonyl (C=O) groups excluding carboxylic acids is 2. The molecular weight excluding hydrogens is 352 g/mol. The molecule has 1 aliphatic heterocycles. The Kier molecular flexibility index (Phi) is 7.20. The summed E-state index contributed by atoms with van der Waals surface area (Å²) in [6.07, 6.45) is 1.47. The maximum absolute atomic E-state index is 12.6. The molecule has 2 amide bonds. The number of hydrogen-bond acceptors (Lipinski definition) is 4. The van der Waals surface area contributed by atoms with Crippen LogP contribution in [0.15, 0.2) is 30.3 Å². The van der Waals surface area contributed by atoms with Gasteiger partial charge in [-0.15, -0.1) is 0 Å². The molecule has 0 spiro atoms. The van der Waals surface area contributed by atoms with Gasteiger partial charge in [0.1, 0.15) is 0 Å². The molecule has 1 aromatic carbocycles. The predicted octanol–water partition coefficient (Wildman–Crippen LogP) is 1.50. The first-order valence-electron chi connectivity index (χ1n) is 9.11. The van der Waals surface area contributed by atoms with Crippen LogP contribution in [0.5, 0.6) is 0 Å². The molecule has 0 radical (unpaired) electrons. The van der Waals surface area contributed by atoms with Gasteiger partial charge >= 0.3 is 0 Å². The van der Waals surface area contributed by atoms with Crippen LogP contribution >= 0.6 is 0 Å². The van der Waals surface area contributed by atoms with Gasteiger partial charge in [-0.25, -0.2) is 8.42 Å². The summed E-state index contributed by atoms with van der Waals surface area (Å²) in [6, 6.07) is 9.68. The summed E-state index contributed by atoms with van der Waals surface area (Å²) in [7, 11) is -3.03. The van der Waals surface area contributed by atoms with Crippen molar-refractivity contribution in [2.75, 3.05) is 31.1 Å². The van der Waals surface area contributed by atoms with Gasteiger partial charge in [-0.1, -0.05) is 30.3 Å². The van der Waals surface area contributed by atoms with Gasteiger partial charge in [0.2, 0.25) is 11.8 Å². The first-order valence-corrected chi connectivity index (χ1v) is 10.9. The van der Waals surface area contributed by atoms with Gasteiger partial charge in [0.25, 0.3) is 0 Å². The van der Waals surface area contributed by atoms with E-state index in [1.54, 1.807) is 9.80 Å². The second-order valence-corrected chi connectivity index (χ2v) is 8.96. The van der Waals surface area contributed by atoms with Gasteiger partial charge in [0.05, 0.1) is 11.5 Å². The Morgan fingerprint density at radius 3 is 2.38 bits per heavy atom. The molecule has 0 N–H and O–H groups in total. The van der Waals surface area contributed by atoms with Crippen molar-refractivity contribution in [1.82, 2.24) is 9.80 Å². The van der Waals surface area contributed by atoms with E-state index in [1.807, 2.05) is 37.3 Å². The molecule has 1 atom stereocenters. The fourth-order valence-corrected chi connectivity index (χ4v) is 5.10. The second-order valence-electron chi connectivity index (χ2n) is 6.73. The highest BCUT2D eigenvalue weighted by Crippen LogP contribution is 2.18. The Morgan fingerprint density at radius 1 is 1.15 bits per heavy atom. The number of nitrogens with zero attached hydrogens (tertiary/aromatic N) is 2. The van der Waals surface area contributed by atoms with Crippen LogP contribution < -0.4 is 0 Å². The molecule has 1 aliphatic rings. The van der Waals surface area contributed by atoms with E-state index in [0.29, 0.717) is 26.1 Å². The summed E-state index contributed by atoms with van der Waals surface area (Å²) < 4.78 is 23.3. The molecule has 1 unspecified atom stereocenters. The van der Waals surface area contributed by atoms with E-state index in [1.165, 1.54) is 6.92 Å². The SMILES string of the molecule is CCN(C(=O)CCN(CCc1ccccc1)C(C)=O)C1CCS(=O)(=O)C1. The van der Waals surface area contributed by atoms with Crippen molar-refractivity contribution in [2.24, 2.45) is 0 Å². The zero-order valence-corrected chi connectivity index (χ0v) is 16.4. The first kappa shape index (κ1) is 20.4. The lowest BCUT2D eigenvalue weighted by Gasteiger charge is -2.28. The Balaban J connectivity index is 1.88. The Bertz CT molecular complexity index is 718. The Labute approximate surface area is 156 Å². The zero-order valence-electron chi connectivity index (χ0n) is 15.6. The predicted molar refractivity (Wildman–Crippen MR) is 101 cm³/mol. The molecule has 0 aliphatic carbocycles. The lowest BCUT2D eigenvalue weighted by atomic mass is 10.1. The quantitative estimate of drug-likeness (QED) is 0.685. The Morgan fingerprint density at radius 2 is 1.85 bits per heavy atom. The third-order valence-electron chi connectivity index (χ3n) is 4.86. The van der Waals surface area contributed by atoms with E-state index < -0.39 is 9.84 Å². The number of benzene rings is 1. The molecule has 1 heterocycles. The highest BCUT2D eigenvalue weighted by atomic mass is 32.2. The van der Waals surface area contributed by atoms with Crippen LogP contribution in [0.4, 0.5) is 0 Å². The van der Waals surface area contributed by atoms with Crippen molar-refractivity contribution < 1.29 is 18.0 Å². The third-order valence-corrected chi connectivity index (χ3v) is 6.61. The van der Waals surface area contributed by atoms with Gasteiger partial charge < -0.3 is 9.80 Å². The van der Waals surface area contributed by atoms with E-state index in [0.717, 1.165) is 12.0 Å². The van der Waals surface area contributed by atoms with Crippen molar-refractivity contribution in [3.63, 3.8) is 0 Å². The monoisotopic (exact) mass is 380 g/mol. The van der Waals surface area contributed by atoms with Gasteiger partial charge in [-0.2, -0.15) is 0 Å². The molecule has 7 heteroatoms. The highest BCUT2D eigenvalue weighted by Gasteiger charge is 2.33.